The van der Waals surface area contributed by atoms with E-state index in [0.29, 0.717) is 17.4 Å². The van der Waals surface area contributed by atoms with Gasteiger partial charge in [-0.25, -0.2) is 4.57 Å². The summed E-state index contributed by atoms with van der Waals surface area (Å²) in [5, 5.41) is 0. The molecule has 0 aliphatic rings. The standard InChI is InChI=1S/C72H122NO8P/c1-6-8-10-12-14-16-18-20-22-24-26-28-30-31-32-33-34-35-36-37-38-39-40-41-43-45-47-49-51-53-55-57-59-61-63-65-72(75)81-70(69-80-82(76,77)79-67-66-73(3,4)5)68-78-71(74)64-62-60-58-56-54-52-50-48-46-44-42-29-27-25-23-21-19-17-15-13-11-9-7-2/h8,10,14,16,19-22,25-28,31-32,34-35,37-38,40-42,44,70H,6-7,9,11-13,15,17-18,23-24,29-30,33,36,39,43,45-69H2,1-5H3/p+1/b10-8-,16-14-,21-19-,22-20-,27-25-,28-26-,32-31-,35-34-,38-37-,41-40-,44-42-. The molecule has 468 valence electrons. The first-order valence-electron chi connectivity index (χ1n) is 32.9. The molecule has 0 aromatic carbocycles. The maximum Gasteiger partial charge on any atom is 0.472 e. The summed E-state index contributed by atoms with van der Waals surface area (Å²) < 4.78 is 34.7. The van der Waals surface area contributed by atoms with Crippen molar-refractivity contribution in [2.75, 3.05) is 47.5 Å². The molecule has 0 saturated carbocycles. The Balaban J connectivity index is 4.15. The fourth-order valence-corrected chi connectivity index (χ4v) is 9.37. The molecule has 9 nitrogen and oxygen atoms in total. The summed E-state index contributed by atoms with van der Waals surface area (Å²) in [4.78, 5) is 35.8. The van der Waals surface area contributed by atoms with Crippen LogP contribution in [-0.4, -0.2) is 74.9 Å². The molecular weight excluding hydrogens is 1040 g/mol. The Morgan fingerprint density at radius 3 is 1.04 bits per heavy atom. The highest BCUT2D eigenvalue weighted by Gasteiger charge is 2.27. The van der Waals surface area contributed by atoms with Crippen molar-refractivity contribution in [2.45, 2.75) is 264 Å². The normalized spacial score (nSPS) is 14.1. The van der Waals surface area contributed by atoms with E-state index in [1.54, 1.807) is 0 Å². The molecule has 1 N–H and O–H groups in total. The first kappa shape index (κ1) is 78.1. The van der Waals surface area contributed by atoms with Gasteiger partial charge in [-0.3, -0.25) is 18.6 Å². The lowest BCUT2D eigenvalue weighted by Gasteiger charge is -2.24. The number of quaternary nitrogens is 1. The van der Waals surface area contributed by atoms with Crippen LogP contribution in [-0.2, 0) is 32.7 Å². The molecule has 0 aromatic rings. The highest BCUT2D eigenvalue weighted by molar-refractivity contribution is 7.47. The first-order chi connectivity index (χ1) is 40.0. The number of rotatable bonds is 59. The summed E-state index contributed by atoms with van der Waals surface area (Å²) in [6.07, 6.45) is 89.6. The van der Waals surface area contributed by atoms with Gasteiger partial charge in [0, 0.05) is 12.8 Å². The minimum Gasteiger partial charge on any atom is -0.462 e. The predicted molar refractivity (Wildman–Crippen MR) is 353 cm³/mol. The van der Waals surface area contributed by atoms with Crippen LogP contribution in [0.1, 0.15) is 258 Å². The molecule has 10 heteroatoms. The van der Waals surface area contributed by atoms with Crippen molar-refractivity contribution in [1.29, 1.82) is 0 Å². The first-order valence-corrected chi connectivity index (χ1v) is 34.4. The van der Waals surface area contributed by atoms with Crippen molar-refractivity contribution in [3.8, 4) is 0 Å². The Morgan fingerprint density at radius 1 is 0.390 bits per heavy atom. The van der Waals surface area contributed by atoms with E-state index in [1.165, 1.54) is 103 Å². The molecular formula is C72H123NO8P+. The molecule has 82 heavy (non-hydrogen) atoms. The van der Waals surface area contributed by atoms with E-state index >= 15 is 0 Å². The highest BCUT2D eigenvalue weighted by Crippen LogP contribution is 2.43. The van der Waals surface area contributed by atoms with E-state index in [4.69, 9.17) is 18.5 Å². The van der Waals surface area contributed by atoms with E-state index in [-0.39, 0.29) is 32.0 Å². The van der Waals surface area contributed by atoms with Crippen molar-refractivity contribution in [2.24, 2.45) is 0 Å². The molecule has 0 amide bonds. The average Bonchev–Trinajstić information content (AvgIpc) is 3.45. The number of phosphoric ester groups is 1. The van der Waals surface area contributed by atoms with Gasteiger partial charge in [-0.15, -0.1) is 0 Å². The number of ether oxygens (including phenoxy) is 2. The Kier molecular flexibility index (Phi) is 58.8. The second-order valence-electron chi connectivity index (χ2n) is 22.8. The van der Waals surface area contributed by atoms with E-state index in [0.717, 1.165) is 122 Å². The zero-order valence-electron chi connectivity index (χ0n) is 53.2. The third kappa shape index (κ3) is 65.3. The fraction of sp³-hybridized carbons (Fsp3) is 0.667. The average molecular weight is 1160 g/mol. The maximum atomic E-state index is 12.9. The van der Waals surface area contributed by atoms with E-state index in [1.807, 2.05) is 21.1 Å². The number of allylic oxidation sites excluding steroid dienone is 22. The maximum absolute atomic E-state index is 12.9. The Bertz CT molecular complexity index is 1850. The quantitative estimate of drug-likeness (QED) is 0.0211. The van der Waals surface area contributed by atoms with E-state index in [9.17, 15) is 19.0 Å². The monoisotopic (exact) mass is 1160 g/mol. The van der Waals surface area contributed by atoms with Gasteiger partial charge in [0.2, 0.25) is 0 Å². The van der Waals surface area contributed by atoms with Gasteiger partial charge in [0.05, 0.1) is 27.7 Å². The molecule has 0 aliphatic heterocycles. The zero-order chi connectivity index (χ0) is 59.8. The second-order valence-corrected chi connectivity index (χ2v) is 24.2. The van der Waals surface area contributed by atoms with Crippen LogP contribution in [0, 0.1) is 0 Å². The van der Waals surface area contributed by atoms with Crippen LogP contribution in [0.15, 0.2) is 134 Å². The summed E-state index contributed by atoms with van der Waals surface area (Å²) in [7, 11) is 1.46. The van der Waals surface area contributed by atoms with Crippen LogP contribution in [0.25, 0.3) is 0 Å². The van der Waals surface area contributed by atoms with Crippen LogP contribution in [0.4, 0.5) is 0 Å². The van der Waals surface area contributed by atoms with Gasteiger partial charge in [-0.2, -0.15) is 0 Å². The summed E-state index contributed by atoms with van der Waals surface area (Å²) in [6.45, 7) is 4.29. The lowest BCUT2D eigenvalue weighted by atomic mass is 10.0. The van der Waals surface area contributed by atoms with Crippen LogP contribution in [0.5, 0.6) is 0 Å². The topological polar surface area (TPSA) is 108 Å². The molecule has 0 aliphatic carbocycles. The lowest BCUT2D eigenvalue weighted by Crippen LogP contribution is -2.37. The molecule has 0 fully saturated rings. The van der Waals surface area contributed by atoms with Crippen LogP contribution in [0.3, 0.4) is 0 Å². The van der Waals surface area contributed by atoms with Crippen molar-refractivity contribution in [3.63, 3.8) is 0 Å². The SMILES string of the molecule is CC/C=C\C/C=C\C/C=C\C/C=C\C/C=C\C/C=C\C/C=C\C/C=C\CCCCCCCCCCCCC(=O)OC(COC(=O)CCCCCCCCCC/C=C\C/C=C\C/C=C\CCCCCCC)COP(=O)(O)OCC[N+](C)(C)C. The van der Waals surface area contributed by atoms with Crippen molar-refractivity contribution < 1.29 is 42.1 Å². The van der Waals surface area contributed by atoms with Gasteiger partial charge in [-0.05, 0) is 116 Å². The molecule has 0 spiro atoms. The number of likely N-dealkylation sites (N-methyl/N-ethyl adjacent to an activating group) is 1. The van der Waals surface area contributed by atoms with E-state index in [2.05, 4.69) is 148 Å². The summed E-state index contributed by atoms with van der Waals surface area (Å²) in [6, 6.07) is 0. The molecule has 0 rings (SSSR count). The number of unbranched alkanes of at least 4 members (excludes halogenated alkanes) is 23. The van der Waals surface area contributed by atoms with Gasteiger partial charge in [0.15, 0.2) is 6.10 Å². The van der Waals surface area contributed by atoms with Gasteiger partial charge in [-0.1, -0.05) is 263 Å². The van der Waals surface area contributed by atoms with E-state index < -0.39 is 26.5 Å². The number of hydrogen-bond donors (Lipinski definition) is 1. The van der Waals surface area contributed by atoms with Crippen molar-refractivity contribution in [1.82, 2.24) is 0 Å². The number of carbonyl (C=O) groups is 2. The molecule has 0 bridgehead atoms. The van der Waals surface area contributed by atoms with Crippen LogP contribution < -0.4 is 0 Å². The predicted octanol–water partition coefficient (Wildman–Crippen LogP) is 21.3. The van der Waals surface area contributed by atoms with Crippen molar-refractivity contribution in [3.05, 3.63) is 134 Å². The number of esters is 2. The van der Waals surface area contributed by atoms with Gasteiger partial charge < -0.3 is 18.9 Å². The summed E-state index contributed by atoms with van der Waals surface area (Å²) in [5.74, 6) is -0.815. The molecule has 0 saturated heterocycles. The molecule has 2 unspecified atom stereocenters. The fourth-order valence-electron chi connectivity index (χ4n) is 8.63. The van der Waals surface area contributed by atoms with Crippen molar-refractivity contribution >= 4 is 19.8 Å². The Morgan fingerprint density at radius 2 is 0.695 bits per heavy atom. The Labute approximate surface area is 504 Å². The zero-order valence-corrected chi connectivity index (χ0v) is 54.1. The van der Waals surface area contributed by atoms with Crippen LogP contribution >= 0.6 is 7.82 Å². The third-order valence-corrected chi connectivity index (χ3v) is 14.6. The molecule has 2 atom stereocenters. The second kappa shape index (κ2) is 61.7. The molecule has 0 radical (unpaired) electrons. The van der Waals surface area contributed by atoms with Crippen LogP contribution in [0.2, 0.25) is 0 Å². The van der Waals surface area contributed by atoms with Gasteiger partial charge in [0.25, 0.3) is 0 Å². The summed E-state index contributed by atoms with van der Waals surface area (Å²) >= 11 is 0. The minimum absolute atomic E-state index is 0.0230. The highest BCUT2D eigenvalue weighted by atomic mass is 31.2. The van der Waals surface area contributed by atoms with Gasteiger partial charge in [0.1, 0.15) is 19.8 Å². The third-order valence-electron chi connectivity index (χ3n) is 13.7. The number of phosphoric acid groups is 1. The number of hydrogen-bond acceptors (Lipinski definition) is 7. The largest absolute Gasteiger partial charge is 0.472 e. The molecule has 0 aromatic heterocycles. The minimum atomic E-state index is -4.40. The number of nitrogens with zero attached hydrogens (tertiary/aromatic N) is 1. The smallest absolute Gasteiger partial charge is 0.462 e. The number of carbonyl (C=O) groups excluding carboxylic acids is 2. The van der Waals surface area contributed by atoms with Gasteiger partial charge >= 0.3 is 19.8 Å². The summed E-state index contributed by atoms with van der Waals surface area (Å²) in [5.41, 5.74) is 0. The Hall–Kier alpha value is -3.85. The lowest BCUT2D eigenvalue weighted by molar-refractivity contribution is -0.870. The molecule has 0 heterocycles.